The lowest BCUT2D eigenvalue weighted by molar-refractivity contribution is -0.117. The van der Waals surface area contributed by atoms with Gasteiger partial charge in [-0.1, -0.05) is 30.3 Å². The van der Waals surface area contributed by atoms with Crippen molar-refractivity contribution < 1.29 is 27.1 Å². The third-order valence-electron chi connectivity index (χ3n) is 5.71. The minimum atomic E-state index is -3.15. The highest BCUT2D eigenvalue weighted by molar-refractivity contribution is 7.89. The summed E-state index contributed by atoms with van der Waals surface area (Å²) in [5, 5.41) is 0. The van der Waals surface area contributed by atoms with Gasteiger partial charge in [0.25, 0.3) is 0 Å². The molecule has 0 N–H and O–H groups in total. The largest absolute Gasteiger partial charge is 0.419 e. The third-order valence-corrected chi connectivity index (χ3v) is 6.57. The molecule has 3 aromatic rings. The highest BCUT2D eigenvalue weighted by atomic mass is 32.2. The summed E-state index contributed by atoms with van der Waals surface area (Å²) in [6.07, 6.45) is 0.541. The summed E-state index contributed by atoms with van der Waals surface area (Å²) in [4.78, 5) is 28.6. The Bertz CT molecular complexity index is 1370. The van der Waals surface area contributed by atoms with Crippen molar-refractivity contribution in [2.75, 3.05) is 22.6 Å². The summed E-state index contributed by atoms with van der Waals surface area (Å²) in [6.45, 7) is 3.53. The first kappa shape index (κ1) is 24.4. The van der Waals surface area contributed by atoms with E-state index in [4.69, 9.17) is 4.74 Å². The predicted octanol–water partition coefficient (Wildman–Crippen LogP) is 4.80. The molecule has 0 saturated carbocycles. The Balaban J connectivity index is 1.70. The zero-order chi connectivity index (χ0) is 25.3. The first-order chi connectivity index (χ1) is 16.5. The molecule has 0 aromatic heterocycles. The zero-order valence-corrected chi connectivity index (χ0v) is 20.4. The average Bonchev–Trinajstić information content (AvgIpc) is 2.79. The smallest absolute Gasteiger partial charge is 0.410 e. The Kier molecular flexibility index (Phi) is 6.62. The van der Waals surface area contributed by atoms with Gasteiger partial charge in [-0.05, 0) is 60.0 Å². The molecule has 0 aliphatic carbocycles. The molecule has 1 atom stereocenters. The summed E-state index contributed by atoms with van der Waals surface area (Å²) in [5.41, 5.74) is 3.36. The van der Waals surface area contributed by atoms with E-state index in [0.29, 0.717) is 16.9 Å². The van der Waals surface area contributed by atoms with E-state index in [1.165, 1.54) is 42.3 Å². The Morgan fingerprint density at radius 2 is 1.60 bits per heavy atom. The van der Waals surface area contributed by atoms with Crippen molar-refractivity contribution in [3.8, 4) is 16.9 Å². The minimum absolute atomic E-state index is 0.0497. The number of sulfone groups is 1. The molecule has 1 aliphatic heterocycles. The van der Waals surface area contributed by atoms with Crippen LogP contribution in [0.5, 0.6) is 5.75 Å². The number of fused-ring (bicyclic) bond motifs is 1. The maximum absolute atomic E-state index is 13.2. The molecule has 182 valence electrons. The van der Waals surface area contributed by atoms with Gasteiger partial charge in [-0.25, -0.2) is 17.6 Å². The van der Waals surface area contributed by atoms with Crippen LogP contribution < -0.4 is 14.5 Å². The molecule has 0 unspecified atom stereocenters. The van der Waals surface area contributed by atoms with Gasteiger partial charge in [-0.15, -0.1) is 0 Å². The van der Waals surface area contributed by atoms with Crippen LogP contribution >= 0.6 is 0 Å². The number of hydrogen-bond acceptors (Lipinski definition) is 5. The van der Waals surface area contributed by atoms with E-state index in [1.54, 1.807) is 29.2 Å². The molecule has 0 saturated heterocycles. The van der Waals surface area contributed by atoms with Crippen LogP contribution in [0.2, 0.25) is 0 Å². The SMILES string of the molecule is CC(=O)N1c2ccc(-c3ccc(CS(C)(=O)=O)cc3)cc2N(C(=O)Oc2ccc(F)cc2)C[C@@H]1C. The molecule has 0 radical (unpaired) electrons. The summed E-state index contributed by atoms with van der Waals surface area (Å²) < 4.78 is 41.9. The van der Waals surface area contributed by atoms with E-state index >= 15 is 0 Å². The molecule has 0 fully saturated rings. The maximum Gasteiger partial charge on any atom is 0.419 e. The van der Waals surface area contributed by atoms with Crippen LogP contribution in [-0.4, -0.2) is 39.3 Å². The first-order valence-corrected chi connectivity index (χ1v) is 13.0. The van der Waals surface area contributed by atoms with Crippen LogP contribution in [0.4, 0.5) is 20.6 Å². The maximum atomic E-state index is 13.2. The normalized spacial score (nSPS) is 15.5. The van der Waals surface area contributed by atoms with Gasteiger partial charge in [0.05, 0.1) is 23.2 Å². The number of halogens is 1. The Morgan fingerprint density at radius 3 is 2.20 bits per heavy atom. The molecule has 2 amide bonds. The monoisotopic (exact) mass is 496 g/mol. The lowest BCUT2D eigenvalue weighted by Crippen LogP contribution is -2.52. The van der Waals surface area contributed by atoms with E-state index in [0.717, 1.165) is 11.1 Å². The van der Waals surface area contributed by atoms with Gasteiger partial charge in [-0.3, -0.25) is 9.69 Å². The molecule has 35 heavy (non-hydrogen) atoms. The number of benzene rings is 3. The fourth-order valence-electron chi connectivity index (χ4n) is 4.21. The van der Waals surface area contributed by atoms with E-state index in [9.17, 15) is 22.4 Å². The van der Waals surface area contributed by atoms with E-state index in [2.05, 4.69) is 0 Å². The average molecular weight is 497 g/mol. The van der Waals surface area contributed by atoms with Gasteiger partial charge in [0.1, 0.15) is 11.6 Å². The molecule has 0 bridgehead atoms. The molecular weight excluding hydrogens is 471 g/mol. The van der Waals surface area contributed by atoms with Crippen molar-refractivity contribution in [1.29, 1.82) is 0 Å². The standard InChI is InChI=1S/C26H25FN2O5S/c1-17-15-28(26(31)34-23-11-9-22(27)10-12-23)25-14-21(8-13-24(25)29(17)18(2)30)20-6-4-19(5-7-20)16-35(3,32)33/h4-14,17H,15-16H2,1-3H3/t17-/m0/s1. The number of amides is 2. The van der Waals surface area contributed by atoms with Crippen molar-refractivity contribution in [3.05, 3.63) is 78.1 Å². The summed E-state index contributed by atoms with van der Waals surface area (Å²) in [6, 6.07) is 17.4. The van der Waals surface area contributed by atoms with Gasteiger partial charge in [0.15, 0.2) is 9.84 Å². The fourth-order valence-corrected chi connectivity index (χ4v) is 5.01. The molecule has 0 spiro atoms. The van der Waals surface area contributed by atoms with Crippen LogP contribution in [0.15, 0.2) is 66.7 Å². The highest BCUT2D eigenvalue weighted by Gasteiger charge is 2.34. The zero-order valence-electron chi connectivity index (χ0n) is 19.6. The lowest BCUT2D eigenvalue weighted by Gasteiger charge is -2.40. The number of nitrogens with zero attached hydrogens (tertiary/aromatic N) is 2. The van der Waals surface area contributed by atoms with Gasteiger partial charge in [-0.2, -0.15) is 0 Å². The molecular formula is C26H25FN2O5S. The van der Waals surface area contributed by atoms with Gasteiger partial charge < -0.3 is 9.64 Å². The van der Waals surface area contributed by atoms with Gasteiger partial charge >= 0.3 is 6.09 Å². The topological polar surface area (TPSA) is 84.0 Å². The Labute approximate surface area is 203 Å². The number of carbonyl (C=O) groups is 2. The van der Waals surface area contributed by atoms with Crippen molar-refractivity contribution in [1.82, 2.24) is 0 Å². The second-order valence-corrected chi connectivity index (χ2v) is 10.8. The molecule has 1 aliphatic rings. The number of ether oxygens (including phenoxy) is 1. The second kappa shape index (κ2) is 9.50. The van der Waals surface area contributed by atoms with Crippen LogP contribution in [0.1, 0.15) is 19.4 Å². The Hall–Kier alpha value is -3.72. The third kappa shape index (κ3) is 5.51. The quantitative estimate of drug-likeness (QED) is 0.518. The predicted molar refractivity (Wildman–Crippen MR) is 133 cm³/mol. The van der Waals surface area contributed by atoms with E-state index in [-0.39, 0.29) is 30.0 Å². The number of hydrogen-bond donors (Lipinski definition) is 0. The van der Waals surface area contributed by atoms with Crippen LogP contribution in [0.3, 0.4) is 0 Å². The molecule has 1 heterocycles. The van der Waals surface area contributed by atoms with Crippen molar-refractivity contribution in [2.45, 2.75) is 25.6 Å². The molecule has 3 aromatic carbocycles. The summed E-state index contributed by atoms with van der Waals surface area (Å²) >= 11 is 0. The summed E-state index contributed by atoms with van der Waals surface area (Å²) in [7, 11) is -3.15. The first-order valence-electron chi connectivity index (χ1n) is 11.0. The number of rotatable bonds is 4. The Morgan fingerprint density at radius 1 is 0.971 bits per heavy atom. The van der Waals surface area contributed by atoms with Crippen LogP contribution in [0, 0.1) is 5.82 Å². The van der Waals surface area contributed by atoms with Crippen molar-refractivity contribution in [2.24, 2.45) is 0 Å². The molecule has 9 heteroatoms. The van der Waals surface area contributed by atoms with E-state index < -0.39 is 21.7 Å². The molecule has 7 nitrogen and oxygen atoms in total. The van der Waals surface area contributed by atoms with E-state index in [1.807, 2.05) is 25.1 Å². The minimum Gasteiger partial charge on any atom is -0.410 e. The highest BCUT2D eigenvalue weighted by Crippen LogP contribution is 2.39. The van der Waals surface area contributed by atoms with Crippen molar-refractivity contribution in [3.63, 3.8) is 0 Å². The molecule has 4 rings (SSSR count). The summed E-state index contributed by atoms with van der Waals surface area (Å²) in [5.74, 6) is -0.433. The fraction of sp³-hybridized carbons (Fsp3) is 0.231. The van der Waals surface area contributed by atoms with Crippen molar-refractivity contribution >= 4 is 33.2 Å². The van der Waals surface area contributed by atoms with Gasteiger partial charge in [0, 0.05) is 19.7 Å². The number of anilines is 2. The van der Waals surface area contributed by atoms with Gasteiger partial charge in [0.2, 0.25) is 5.91 Å². The van der Waals surface area contributed by atoms with Crippen LogP contribution in [0.25, 0.3) is 11.1 Å². The second-order valence-electron chi connectivity index (χ2n) is 8.64. The number of carbonyl (C=O) groups excluding carboxylic acids is 2. The van der Waals surface area contributed by atoms with Crippen LogP contribution in [-0.2, 0) is 20.4 Å². The lowest BCUT2D eigenvalue weighted by atomic mass is 10.00.